The molecular weight excluding hydrogens is 452 g/mol. The normalized spacial score (nSPS) is 13.3. The molecular formula is C26H41FN3O3P. The molecule has 0 saturated heterocycles. The zero-order valence-corrected chi connectivity index (χ0v) is 23.0. The molecule has 3 rings (SSSR count). The van der Waals surface area contributed by atoms with Crippen molar-refractivity contribution in [3.63, 3.8) is 0 Å². The smallest absolute Gasteiger partial charge is 0.341 e. The number of nitrogens with two attached hydrogens (primary N) is 1. The molecule has 6 nitrogen and oxygen atoms in total. The fourth-order valence-corrected chi connectivity index (χ4v) is 3.22. The van der Waals surface area contributed by atoms with Gasteiger partial charge in [0.05, 0.1) is 17.5 Å². The first-order valence-corrected chi connectivity index (χ1v) is 13.0. The first kappa shape index (κ1) is 31.6. The number of aromatic nitrogens is 2. The Labute approximate surface area is 206 Å². The average Bonchev–Trinajstić information content (AvgIpc) is 2.82. The summed E-state index contributed by atoms with van der Waals surface area (Å²) in [5.41, 5.74) is 6.64. The van der Waals surface area contributed by atoms with Gasteiger partial charge in [0, 0.05) is 24.3 Å². The molecule has 0 bridgehead atoms. The van der Waals surface area contributed by atoms with Crippen LogP contribution in [0.1, 0.15) is 96.1 Å². The number of hydrogen-bond acceptors (Lipinski definition) is 6. The largest absolute Gasteiger partial charge is 0.456 e. The van der Waals surface area contributed by atoms with Gasteiger partial charge in [-0.3, -0.25) is 4.79 Å². The Morgan fingerprint density at radius 1 is 1.12 bits per heavy atom. The molecule has 1 aliphatic carbocycles. The van der Waals surface area contributed by atoms with Gasteiger partial charge in [-0.25, -0.2) is 19.2 Å². The van der Waals surface area contributed by atoms with Gasteiger partial charge in [-0.1, -0.05) is 40.4 Å². The maximum atomic E-state index is 14.6. The highest BCUT2D eigenvalue weighted by atomic mass is 31.0. The van der Waals surface area contributed by atoms with E-state index in [1.807, 2.05) is 34.4 Å². The summed E-state index contributed by atoms with van der Waals surface area (Å²) >= 11 is 0. The second-order valence-corrected chi connectivity index (χ2v) is 8.04. The number of carbonyl (C=O) groups is 2. The maximum absolute atomic E-state index is 14.6. The van der Waals surface area contributed by atoms with Crippen molar-refractivity contribution in [2.75, 3.05) is 12.4 Å². The summed E-state index contributed by atoms with van der Waals surface area (Å²) in [6, 6.07) is 4.16. The molecule has 34 heavy (non-hydrogen) atoms. The van der Waals surface area contributed by atoms with Gasteiger partial charge in [0.2, 0.25) is 0 Å². The lowest BCUT2D eigenvalue weighted by Gasteiger charge is -2.21. The molecule has 1 aliphatic rings. The van der Waals surface area contributed by atoms with E-state index in [-0.39, 0.29) is 23.1 Å². The zero-order valence-electron chi connectivity index (χ0n) is 21.9. The summed E-state index contributed by atoms with van der Waals surface area (Å²) in [4.78, 5) is 32.4. The fourth-order valence-electron chi connectivity index (χ4n) is 3.22. The lowest BCUT2D eigenvalue weighted by atomic mass is 9.86. The van der Waals surface area contributed by atoms with E-state index in [1.54, 1.807) is 33.0 Å². The van der Waals surface area contributed by atoms with Gasteiger partial charge in [-0.15, -0.1) is 9.24 Å². The van der Waals surface area contributed by atoms with Crippen molar-refractivity contribution in [3.8, 4) is 11.3 Å². The van der Waals surface area contributed by atoms with E-state index in [0.29, 0.717) is 24.1 Å². The summed E-state index contributed by atoms with van der Waals surface area (Å²) in [6.07, 6.45) is 4.13. The number of Topliss-reactive ketones (excluding diaryl/α,β-unsaturated/α-hetero) is 1. The molecule has 1 aromatic heterocycles. The Balaban J connectivity index is 0.00000168. The van der Waals surface area contributed by atoms with E-state index >= 15 is 0 Å². The number of rotatable bonds is 3. The van der Waals surface area contributed by atoms with E-state index in [0.717, 1.165) is 18.5 Å². The molecule has 190 valence electrons. The topological polar surface area (TPSA) is 95.2 Å². The minimum Gasteiger partial charge on any atom is -0.456 e. The molecule has 1 heterocycles. The predicted octanol–water partition coefficient (Wildman–Crippen LogP) is 6.59. The molecule has 2 aromatic rings. The highest BCUT2D eigenvalue weighted by molar-refractivity contribution is 7.15. The Morgan fingerprint density at radius 2 is 1.68 bits per heavy atom. The monoisotopic (exact) mass is 493 g/mol. The number of ether oxygens (including phenoxy) is 1. The Kier molecular flexibility index (Phi) is 14.4. The van der Waals surface area contributed by atoms with Crippen LogP contribution < -0.4 is 5.73 Å². The molecule has 1 atom stereocenters. The fraction of sp³-hybridized carbons (Fsp3) is 0.538. The summed E-state index contributed by atoms with van der Waals surface area (Å²) in [7, 11) is 2.42. The van der Waals surface area contributed by atoms with Gasteiger partial charge in [-0.05, 0) is 45.7 Å². The lowest BCUT2D eigenvalue weighted by Crippen LogP contribution is -2.24. The lowest BCUT2D eigenvalue weighted by molar-refractivity contribution is -0.120. The number of hydrogen-bond donors (Lipinski definition) is 1. The van der Waals surface area contributed by atoms with Crippen molar-refractivity contribution >= 4 is 26.8 Å². The molecule has 1 unspecified atom stereocenters. The van der Waals surface area contributed by atoms with Crippen molar-refractivity contribution in [2.24, 2.45) is 0 Å². The number of halogens is 1. The second-order valence-electron chi connectivity index (χ2n) is 8.04. The van der Waals surface area contributed by atoms with Crippen molar-refractivity contribution in [1.29, 1.82) is 0 Å². The first-order valence-electron chi connectivity index (χ1n) is 11.9. The number of nitrogen functional groups attached to an aromatic ring is 1. The molecule has 1 aromatic carbocycles. The molecule has 2 N–H and O–H groups in total. The van der Waals surface area contributed by atoms with Crippen LogP contribution in [0.15, 0.2) is 24.4 Å². The van der Waals surface area contributed by atoms with Crippen LogP contribution in [0, 0.1) is 5.82 Å². The minimum atomic E-state index is -0.726. The van der Waals surface area contributed by atoms with Gasteiger partial charge in [0.25, 0.3) is 0 Å². The van der Waals surface area contributed by atoms with E-state index in [1.165, 1.54) is 12.1 Å². The van der Waals surface area contributed by atoms with Crippen LogP contribution in [0.3, 0.4) is 0 Å². The van der Waals surface area contributed by atoms with Crippen molar-refractivity contribution < 1.29 is 18.7 Å². The van der Waals surface area contributed by atoms with Crippen LogP contribution in [-0.2, 0) is 9.53 Å². The van der Waals surface area contributed by atoms with Crippen molar-refractivity contribution in [3.05, 3.63) is 41.5 Å². The van der Waals surface area contributed by atoms with Gasteiger partial charge in [-0.2, -0.15) is 0 Å². The van der Waals surface area contributed by atoms with Crippen molar-refractivity contribution in [1.82, 2.24) is 9.97 Å². The average molecular weight is 494 g/mol. The first-order chi connectivity index (χ1) is 16.1. The minimum absolute atomic E-state index is 0.135. The van der Waals surface area contributed by atoms with E-state index < -0.39 is 17.4 Å². The van der Waals surface area contributed by atoms with E-state index in [2.05, 4.69) is 19.2 Å². The Hall–Kier alpha value is -2.40. The van der Waals surface area contributed by atoms with Gasteiger partial charge in [0.15, 0.2) is 0 Å². The molecule has 1 fully saturated rings. The second kappa shape index (κ2) is 15.5. The molecule has 0 amide bonds. The molecule has 0 spiro atoms. The van der Waals surface area contributed by atoms with Crippen LogP contribution in [0.5, 0.6) is 0 Å². The highest BCUT2D eigenvalue weighted by Crippen LogP contribution is 2.32. The quantitative estimate of drug-likeness (QED) is 0.383. The summed E-state index contributed by atoms with van der Waals surface area (Å²) < 4.78 is 19.8. The van der Waals surface area contributed by atoms with Crippen LogP contribution in [0.25, 0.3) is 11.3 Å². The van der Waals surface area contributed by atoms with E-state index in [9.17, 15) is 14.0 Å². The molecule has 0 radical (unpaired) electrons. The SMILES string of the molecule is CC.CC.CC(C)(C)OC(=O)c1ccc(-c2nc(C3CCC(=O)CC3)cnc2N)cc1F.CP. The van der Waals surface area contributed by atoms with Crippen LogP contribution in [0.2, 0.25) is 0 Å². The van der Waals surface area contributed by atoms with Crippen LogP contribution in [0.4, 0.5) is 10.2 Å². The molecule has 8 heteroatoms. The number of nitrogens with zero attached hydrogens (tertiary/aromatic N) is 2. The molecule has 0 aliphatic heterocycles. The number of ketones is 1. The van der Waals surface area contributed by atoms with Crippen molar-refractivity contribution in [2.45, 2.75) is 85.7 Å². The summed E-state index contributed by atoms with van der Waals surface area (Å²) in [6.45, 7) is 15.1. The Morgan fingerprint density at radius 3 is 2.18 bits per heavy atom. The van der Waals surface area contributed by atoms with Gasteiger partial charge >= 0.3 is 5.97 Å². The van der Waals surface area contributed by atoms with Gasteiger partial charge < -0.3 is 10.5 Å². The number of carbonyl (C=O) groups excluding carboxylic acids is 2. The van der Waals surface area contributed by atoms with Gasteiger partial charge in [0.1, 0.15) is 28.7 Å². The third-order valence-corrected chi connectivity index (χ3v) is 4.64. The predicted molar refractivity (Wildman–Crippen MR) is 142 cm³/mol. The third kappa shape index (κ3) is 9.46. The third-order valence-electron chi connectivity index (χ3n) is 4.64. The Bertz CT molecular complexity index is 920. The van der Waals surface area contributed by atoms with Crippen LogP contribution >= 0.6 is 9.24 Å². The zero-order chi connectivity index (χ0) is 26.5. The number of esters is 1. The van der Waals surface area contributed by atoms with Crippen LogP contribution in [-0.4, -0.2) is 34.0 Å². The highest BCUT2D eigenvalue weighted by Gasteiger charge is 2.24. The molecule has 1 saturated carbocycles. The van der Waals surface area contributed by atoms with E-state index in [4.69, 9.17) is 10.5 Å². The maximum Gasteiger partial charge on any atom is 0.341 e. The summed E-state index contributed by atoms with van der Waals surface area (Å²) in [5.74, 6) is -0.854. The number of benzene rings is 1. The standard InChI is InChI=1S/C21H24FN3O3.2C2H6.CH5P/c1-21(2,3)28-20(27)15-9-6-13(10-16(15)22)18-19(23)24-11-17(25-18)12-4-7-14(26)8-5-12;3*1-2/h6,9-12H,4-5,7-8H2,1-3H3,(H2,23,24);2*1-2H3;2H2,1H3. The summed E-state index contributed by atoms with van der Waals surface area (Å²) in [5, 5.41) is 0. The number of anilines is 1.